The fraction of sp³-hybridized carbons (Fsp3) is 0.0435. The van der Waals surface area contributed by atoms with E-state index in [1.54, 1.807) is 22.5 Å². The largest absolute Gasteiger partial charge is 0.489 e. The molecule has 0 N–H and O–H groups in total. The number of rotatable bonds is 7. The van der Waals surface area contributed by atoms with E-state index in [-0.39, 0.29) is 5.88 Å². The number of carbonyl (C=O) groups excluding carboxylic acids is 1. The van der Waals surface area contributed by atoms with Crippen LogP contribution in [0.25, 0.3) is 27.3 Å². The van der Waals surface area contributed by atoms with Gasteiger partial charge in [-0.05, 0) is 18.2 Å². The number of carbonyl (C=O) groups is 1. The minimum atomic E-state index is 0.240. The molecule has 0 aliphatic carbocycles. The Labute approximate surface area is 181 Å². The molecule has 2 aromatic carbocycles. The third-order valence-electron chi connectivity index (χ3n) is 4.65. The summed E-state index contributed by atoms with van der Waals surface area (Å²) in [5.41, 5.74) is 3.66. The van der Waals surface area contributed by atoms with E-state index in [9.17, 15) is 4.79 Å². The van der Waals surface area contributed by atoms with Crippen molar-refractivity contribution in [2.75, 3.05) is 0 Å². The molecule has 152 valence electrons. The maximum Gasteiger partial charge on any atom is 0.299 e. The maximum atomic E-state index is 10.7. The fourth-order valence-corrected chi connectivity index (χ4v) is 3.94. The summed E-state index contributed by atoms with van der Waals surface area (Å²) in [5, 5.41) is 8.04. The summed E-state index contributed by atoms with van der Waals surface area (Å²) in [6.07, 6.45) is 3.51. The second kappa shape index (κ2) is 8.37. The molecule has 0 unspecified atom stereocenters. The first-order valence-electron chi connectivity index (χ1n) is 9.48. The number of ether oxygens (including phenoxy) is 2. The van der Waals surface area contributed by atoms with Crippen molar-refractivity contribution in [1.82, 2.24) is 19.7 Å². The molecule has 3 heterocycles. The molecule has 0 radical (unpaired) electrons. The molecule has 3 aromatic heterocycles. The van der Waals surface area contributed by atoms with Crippen LogP contribution in [-0.2, 0) is 11.4 Å². The van der Waals surface area contributed by atoms with Crippen LogP contribution in [0.4, 0.5) is 0 Å². The van der Waals surface area contributed by atoms with Crippen LogP contribution < -0.4 is 9.47 Å². The molecule has 0 saturated heterocycles. The SMILES string of the molecule is O=COc1csc(-n2nc(-c3ccccc3)c3ccc(OCc4cccnc4)cc32)n1. The van der Waals surface area contributed by atoms with Crippen molar-refractivity contribution >= 4 is 28.7 Å². The lowest BCUT2D eigenvalue weighted by atomic mass is 10.1. The Morgan fingerprint density at radius 1 is 1.06 bits per heavy atom. The Hall–Kier alpha value is -4.04. The zero-order chi connectivity index (χ0) is 21.0. The van der Waals surface area contributed by atoms with Crippen LogP contribution >= 0.6 is 11.3 Å². The predicted octanol–water partition coefficient (Wildman–Crippen LogP) is 4.66. The Balaban J connectivity index is 1.58. The Bertz CT molecular complexity index is 1330. The molecule has 0 aliphatic rings. The minimum Gasteiger partial charge on any atom is -0.489 e. The van der Waals surface area contributed by atoms with Crippen LogP contribution in [0.1, 0.15) is 5.56 Å². The van der Waals surface area contributed by atoms with Gasteiger partial charge in [0.15, 0.2) is 0 Å². The summed E-state index contributed by atoms with van der Waals surface area (Å²) in [6.45, 7) is 0.771. The van der Waals surface area contributed by atoms with E-state index in [1.165, 1.54) is 11.3 Å². The van der Waals surface area contributed by atoms with Gasteiger partial charge in [-0.25, -0.2) is 4.68 Å². The lowest BCUT2D eigenvalue weighted by molar-refractivity contribution is -0.120. The zero-order valence-corrected chi connectivity index (χ0v) is 17.0. The van der Waals surface area contributed by atoms with Gasteiger partial charge in [0.2, 0.25) is 11.0 Å². The van der Waals surface area contributed by atoms with Gasteiger partial charge in [-0.1, -0.05) is 47.7 Å². The minimum absolute atomic E-state index is 0.240. The summed E-state index contributed by atoms with van der Waals surface area (Å²) >= 11 is 1.34. The highest BCUT2D eigenvalue weighted by molar-refractivity contribution is 7.12. The Kier molecular flexibility index (Phi) is 5.12. The summed E-state index contributed by atoms with van der Waals surface area (Å²) < 4.78 is 12.6. The first-order valence-corrected chi connectivity index (χ1v) is 10.4. The van der Waals surface area contributed by atoms with Crippen LogP contribution in [0.5, 0.6) is 11.6 Å². The van der Waals surface area contributed by atoms with E-state index >= 15 is 0 Å². The van der Waals surface area contributed by atoms with Gasteiger partial charge in [0, 0.05) is 35.0 Å². The highest BCUT2D eigenvalue weighted by Gasteiger charge is 2.17. The normalized spacial score (nSPS) is 10.8. The second-order valence-electron chi connectivity index (χ2n) is 6.64. The molecular formula is C23H16N4O3S. The van der Waals surface area contributed by atoms with E-state index in [0.29, 0.717) is 24.0 Å². The molecule has 8 heteroatoms. The predicted molar refractivity (Wildman–Crippen MR) is 117 cm³/mol. The van der Waals surface area contributed by atoms with E-state index in [0.717, 1.165) is 27.7 Å². The Morgan fingerprint density at radius 3 is 2.77 bits per heavy atom. The van der Waals surface area contributed by atoms with Crippen LogP contribution in [-0.4, -0.2) is 26.2 Å². The third kappa shape index (κ3) is 3.88. The summed E-state index contributed by atoms with van der Waals surface area (Å²) in [4.78, 5) is 19.1. The Morgan fingerprint density at radius 2 is 1.97 bits per heavy atom. The quantitative estimate of drug-likeness (QED) is 0.351. The summed E-state index contributed by atoms with van der Waals surface area (Å²) in [6, 6.07) is 19.7. The molecule has 0 bridgehead atoms. The highest BCUT2D eigenvalue weighted by atomic mass is 32.1. The maximum absolute atomic E-state index is 10.7. The van der Waals surface area contributed by atoms with Crippen LogP contribution in [0, 0.1) is 0 Å². The number of fused-ring (bicyclic) bond motifs is 1. The van der Waals surface area contributed by atoms with Gasteiger partial charge < -0.3 is 9.47 Å². The topological polar surface area (TPSA) is 79.1 Å². The lowest BCUT2D eigenvalue weighted by Crippen LogP contribution is -1.98. The van der Waals surface area contributed by atoms with Gasteiger partial charge in [-0.2, -0.15) is 10.1 Å². The fourth-order valence-electron chi connectivity index (χ4n) is 3.24. The molecule has 0 amide bonds. The smallest absolute Gasteiger partial charge is 0.299 e. The zero-order valence-electron chi connectivity index (χ0n) is 16.2. The average Bonchev–Trinajstić information content (AvgIpc) is 3.43. The highest BCUT2D eigenvalue weighted by Crippen LogP contribution is 2.33. The van der Waals surface area contributed by atoms with Crippen LogP contribution in [0.3, 0.4) is 0 Å². The first kappa shape index (κ1) is 19.0. The molecule has 0 saturated carbocycles. The lowest BCUT2D eigenvalue weighted by Gasteiger charge is -2.07. The van der Waals surface area contributed by atoms with Crippen LogP contribution in [0.2, 0.25) is 0 Å². The van der Waals surface area contributed by atoms with Crippen molar-refractivity contribution in [2.45, 2.75) is 6.61 Å². The summed E-state index contributed by atoms with van der Waals surface area (Å²) in [7, 11) is 0. The van der Waals surface area contributed by atoms with Gasteiger partial charge in [-0.15, -0.1) is 0 Å². The molecule has 0 atom stereocenters. The molecule has 7 nitrogen and oxygen atoms in total. The van der Waals surface area contributed by atoms with E-state index in [1.807, 2.05) is 60.7 Å². The second-order valence-corrected chi connectivity index (χ2v) is 7.47. The number of benzene rings is 2. The number of hydrogen-bond acceptors (Lipinski definition) is 7. The van der Waals surface area contributed by atoms with Gasteiger partial charge in [0.05, 0.1) is 10.9 Å². The van der Waals surface area contributed by atoms with Crippen molar-refractivity contribution in [3.63, 3.8) is 0 Å². The van der Waals surface area contributed by atoms with Crippen molar-refractivity contribution < 1.29 is 14.3 Å². The van der Waals surface area contributed by atoms with Crippen LogP contribution in [0.15, 0.2) is 78.4 Å². The number of aromatic nitrogens is 4. The molecular weight excluding hydrogens is 412 g/mol. The molecule has 5 aromatic rings. The van der Waals surface area contributed by atoms with Crippen molar-refractivity contribution in [2.24, 2.45) is 0 Å². The molecule has 5 rings (SSSR count). The van der Waals surface area contributed by atoms with Gasteiger partial charge in [0.25, 0.3) is 6.47 Å². The number of hydrogen-bond donors (Lipinski definition) is 0. The third-order valence-corrected chi connectivity index (χ3v) is 5.44. The van der Waals surface area contributed by atoms with E-state index in [4.69, 9.17) is 14.6 Å². The monoisotopic (exact) mass is 428 g/mol. The molecule has 0 aliphatic heterocycles. The van der Waals surface area contributed by atoms with Gasteiger partial charge in [-0.3, -0.25) is 9.78 Å². The van der Waals surface area contributed by atoms with Gasteiger partial charge in [0.1, 0.15) is 18.1 Å². The number of pyridine rings is 1. The van der Waals surface area contributed by atoms with E-state index in [2.05, 4.69) is 9.97 Å². The average molecular weight is 428 g/mol. The number of nitrogens with zero attached hydrogens (tertiary/aromatic N) is 4. The van der Waals surface area contributed by atoms with Crippen molar-refractivity contribution in [3.8, 4) is 28.0 Å². The number of thiazole rings is 1. The van der Waals surface area contributed by atoms with Crippen molar-refractivity contribution in [3.05, 3.63) is 84.0 Å². The standard InChI is InChI=1S/C23H16N4O3S/c28-15-30-21-14-31-23(25-21)27-20-11-18(29-13-16-5-4-10-24-12-16)8-9-19(20)22(26-27)17-6-2-1-3-7-17/h1-12,14-15H,13H2. The molecule has 31 heavy (non-hydrogen) atoms. The molecule has 0 spiro atoms. The first-order chi connectivity index (χ1) is 15.3. The molecule has 0 fully saturated rings. The van der Waals surface area contributed by atoms with Gasteiger partial charge >= 0.3 is 0 Å². The van der Waals surface area contributed by atoms with E-state index < -0.39 is 0 Å². The summed E-state index contributed by atoms with van der Waals surface area (Å²) in [5.74, 6) is 0.946. The van der Waals surface area contributed by atoms with Crippen molar-refractivity contribution in [1.29, 1.82) is 0 Å².